The molecule has 3 N–H and O–H groups in total. The number of thiocarbonyl (C=S) groups is 1. The van der Waals surface area contributed by atoms with Crippen LogP contribution >= 0.6 is 24.0 Å². The number of thioether (sulfide) groups is 1. The fourth-order valence-corrected chi connectivity index (χ4v) is 2.89. The van der Waals surface area contributed by atoms with Gasteiger partial charge in [0, 0.05) is 0 Å². The summed E-state index contributed by atoms with van der Waals surface area (Å²) in [5, 5.41) is 7.48. The highest BCUT2D eigenvalue weighted by atomic mass is 32.2. The van der Waals surface area contributed by atoms with E-state index >= 15 is 0 Å². The van der Waals surface area contributed by atoms with Gasteiger partial charge >= 0.3 is 0 Å². The van der Waals surface area contributed by atoms with Crippen LogP contribution in [0.4, 0.5) is 0 Å². The molecule has 0 unspecified atom stereocenters. The number of rotatable bonds is 2. The van der Waals surface area contributed by atoms with Crippen LogP contribution in [0.3, 0.4) is 0 Å². The molecule has 94 valence electrons. The van der Waals surface area contributed by atoms with E-state index in [0.29, 0.717) is 14.8 Å². The standard InChI is InChI=1S/C10H8N2O3S3/c11-18(14,15)7-3-1-6(2-4-7)5-8-9(13)12-10(16)17-8/h1-5H,(H2,11,14,15)(H,12,13,16)/b8-5-. The average molecular weight is 300 g/mol. The first-order chi connectivity index (χ1) is 8.36. The normalized spacial score (nSPS) is 18.2. The lowest BCUT2D eigenvalue weighted by molar-refractivity contribution is -0.115. The summed E-state index contributed by atoms with van der Waals surface area (Å²) in [5.41, 5.74) is 0.699. The maximum atomic E-state index is 11.4. The maximum Gasteiger partial charge on any atom is 0.263 e. The number of carbonyl (C=O) groups excluding carboxylic acids is 1. The van der Waals surface area contributed by atoms with Crippen LogP contribution in [0.15, 0.2) is 34.1 Å². The minimum atomic E-state index is -3.69. The molecule has 1 aromatic carbocycles. The topological polar surface area (TPSA) is 89.3 Å². The second kappa shape index (κ2) is 4.81. The van der Waals surface area contributed by atoms with Gasteiger partial charge in [0.15, 0.2) is 0 Å². The van der Waals surface area contributed by atoms with E-state index in [0.717, 1.165) is 0 Å². The van der Waals surface area contributed by atoms with Gasteiger partial charge in [-0.15, -0.1) is 0 Å². The van der Waals surface area contributed by atoms with Crippen LogP contribution < -0.4 is 10.5 Å². The summed E-state index contributed by atoms with van der Waals surface area (Å²) in [4.78, 5) is 11.9. The number of hydrogen-bond acceptors (Lipinski definition) is 5. The third-order valence-corrected chi connectivity index (χ3v) is 4.24. The minimum Gasteiger partial charge on any atom is -0.307 e. The van der Waals surface area contributed by atoms with E-state index < -0.39 is 10.0 Å². The number of nitrogens with one attached hydrogen (secondary N) is 1. The van der Waals surface area contributed by atoms with Gasteiger partial charge in [0.1, 0.15) is 4.32 Å². The zero-order valence-electron chi connectivity index (χ0n) is 8.91. The predicted molar refractivity (Wildman–Crippen MR) is 74.1 cm³/mol. The highest BCUT2D eigenvalue weighted by molar-refractivity contribution is 8.26. The summed E-state index contributed by atoms with van der Waals surface area (Å²) in [6.07, 6.45) is 1.63. The van der Waals surface area contributed by atoms with E-state index in [1.54, 1.807) is 18.2 Å². The molecule has 0 saturated carbocycles. The number of primary sulfonamides is 1. The lowest BCUT2D eigenvalue weighted by Crippen LogP contribution is -2.17. The number of benzene rings is 1. The third-order valence-electron chi connectivity index (χ3n) is 2.15. The Morgan fingerprint density at radius 3 is 2.33 bits per heavy atom. The molecule has 0 atom stereocenters. The molecule has 0 spiro atoms. The highest BCUT2D eigenvalue weighted by Crippen LogP contribution is 2.25. The molecule has 1 amide bonds. The van der Waals surface area contributed by atoms with Gasteiger partial charge < -0.3 is 5.32 Å². The Balaban J connectivity index is 2.29. The van der Waals surface area contributed by atoms with Crippen molar-refractivity contribution in [2.75, 3.05) is 0 Å². The van der Waals surface area contributed by atoms with Gasteiger partial charge in [-0.2, -0.15) is 0 Å². The fraction of sp³-hybridized carbons (Fsp3) is 0. The minimum absolute atomic E-state index is 0.0312. The molecule has 1 fully saturated rings. The van der Waals surface area contributed by atoms with Gasteiger partial charge in [-0.1, -0.05) is 36.1 Å². The largest absolute Gasteiger partial charge is 0.307 e. The molecular formula is C10H8N2O3S3. The number of amides is 1. The number of hydrogen-bond donors (Lipinski definition) is 2. The van der Waals surface area contributed by atoms with Gasteiger partial charge in [0.2, 0.25) is 10.0 Å². The van der Waals surface area contributed by atoms with Crippen molar-refractivity contribution in [3.8, 4) is 0 Å². The van der Waals surface area contributed by atoms with E-state index in [9.17, 15) is 13.2 Å². The van der Waals surface area contributed by atoms with Crippen molar-refractivity contribution in [3.05, 3.63) is 34.7 Å². The smallest absolute Gasteiger partial charge is 0.263 e. The SMILES string of the molecule is NS(=O)(=O)c1ccc(/C=C2\SC(=S)NC2=O)cc1. The van der Waals surface area contributed by atoms with Crippen molar-refractivity contribution in [3.63, 3.8) is 0 Å². The third kappa shape index (κ3) is 2.96. The Kier molecular flexibility index (Phi) is 3.53. The van der Waals surface area contributed by atoms with Gasteiger partial charge in [-0.05, 0) is 23.8 Å². The van der Waals surface area contributed by atoms with Crippen LogP contribution in [0.25, 0.3) is 6.08 Å². The van der Waals surface area contributed by atoms with E-state index in [2.05, 4.69) is 5.32 Å². The first-order valence-electron chi connectivity index (χ1n) is 4.74. The number of carbonyl (C=O) groups is 1. The monoisotopic (exact) mass is 300 g/mol. The van der Waals surface area contributed by atoms with Gasteiger partial charge in [-0.25, -0.2) is 13.6 Å². The van der Waals surface area contributed by atoms with Crippen LogP contribution in [-0.4, -0.2) is 18.6 Å². The van der Waals surface area contributed by atoms with Gasteiger partial charge in [0.05, 0.1) is 9.80 Å². The van der Waals surface area contributed by atoms with Gasteiger partial charge in [-0.3, -0.25) is 4.79 Å². The Morgan fingerprint density at radius 2 is 1.89 bits per heavy atom. The summed E-state index contributed by atoms with van der Waals surface area (Å²) < 4.78 is 22.5. The van der Waals surface area contributed by atoms with Crippen LogP contribution in [0, 0.1) is 0 Å². The Labute approximate surface area is 113 Å². The average Bonchev–Trinajstić information content (AvgIpc) is 2.57. The molecule has 1 aliphatic heterocycles. The van der Waals surface area contributed by atoms with E-state index in [1.165, 1.54) is 23.9 Å². The summed E-state index contributed by atoms with van der Waals surface area (Å²) >= 11 is 6.02. The molecule has 0 bridgehead atoms. The van der Waals surface area contributed by atoms with Gasteiger partial charge in [0.25, 0.3) is 5.91 Å². The zero-order valence-corrected chi connectivity index (χ0v) is 11.4. The zero-order chi connectivity index (χ0) is 13.3. The van der Waals surface area contributed by atoms with Crippen LogP contribution in [0.1, 0.15) is 5.56 Å². The molecule has 5 nitrogen and oxygen atoms in total. The van der Waals surface area contributed by atoms with E-state index in [1.807, 2.05) is 0 Å². The van der Waals surface area contributed by atoms with Crippen molar-refractivity contribution in [2.24, 2.45) is 5.14 Å². The summed E-state index contributed by atoms with van der Waals surface area (Å²) in [6.45, 7) is 0. The van der Waals surface area contributed by atoms with E-state index in [4.69, 9.17) is 17.4 Å². The first-order valence-corrected chi connectivity index (χ1v) is 7.51. The van der Waals surface area contributed by atoms with Crippen molar-refractivity contribution < 1.29 is 13.2 Å². The molecule has 0 aliphatic carbocycles. The number of nitrogens with two attached hydrogens (primary N) is 1. The molecule has 0 radical (unpaired) electrons. The Morgan fingerprint density at radius 1 is 1.28 bits per heavy atom. The summed E-state index contributed by atoms with van der Waals surface area (Å²) in [5.74, 6) is -0.250. The predicted octanol–water partition coefficient (Wildman–Crippen LogP) is 0.823. The van der Waals surface area contributed by atoms with Crippen LogP contribution in [0.2, 0.25) is 0 Å². The molecule has 18 heavy (non-hydrogen) atoms. The molecule has 8 heteroatoms. The lowest BCUT2D eigenvalue weighted by atomic mass is 10.2. The summed E-state index contributed by atoms with van der Waals surface area (Å²) in [7, 11) is -3.69. The molecule has 2 rings (SSSR count). The Bertz CT molecular complexity index is 647. The van der Waals surface area contributed by atoms with Crippen LogP contribution in [0.5, 0.6) is 0 Å². The highest BCUT2D eigenvalue weighted by Gasteiger charge is 2.21. The van der Waals surface area contributed by atoms with E-state index in [-0.39, 0.29) is 10.8 Å². The molecule has 1 aromatic rings. The summed E-state index contributed by atoms with van der Waals surface area (Å²) in [6, 6.07) is 5.92. The quantitative estimate of drug-likeness (QED) is 0.623. The lowest BCUT2D eigenvalue weighted by Gasteiger charge is -1.99. The molecule has 1 heterocycles. The molecule has 1 saturated heterocycles. The molecular weight excluding hydrogens is 292 g/mol. The second-order valence-electron chi connectivity index (χ2n) is 3.47. The number of sulfonamides is 1. The maximum absolute atomic E-state index is 11.4. The van der Waals surface area contributed by atoms with Crippen LogP contribution in [-0.2, 0) is 14.8 Å². The van der Waals surface area contributed by atoms with Crippen molar-refractivity contribution in [2.45, 2.75) is 4.90 Å². The fourth-order valence-electron chi connectivity index (χ4n) is 1.33. The van der Waals surface area contributed by atoms with Crippen molar-refractivity contribution in [1.82, 2.24) is 5.32 Å². The second-order valence-corrected chi connectivity index (χ2v) is 6.75. The van der Waals surface area contributed by atoms with Crippen molar-refractivity contribution in [1.29, 1.82) is 0 Å². The Hall–Kier alpha value is -1.22. The molecule has 1 aliphatic rings. The van der Waals surface area contributed by atoms with Crippen molar-refractivity contribution >= 4 is 50.3 Å². The first kappa shape index (κ1) is 13.2. The molecule has 0 aromatic heterocycles.